The Morgan fingerprint density at radius 2 is 2.08 bits per heavy atom. The largest absolute Gasteiger partial charge is 0.489 e. The molecule has 1 aromatic carbocycles. The van der Waals surface area contributed by atoms with Crippen LogP contribution in [-0.2, 0) is 6.42 Å². The van der Waals surface area contributed by atoms with Gasteiger partial charge in [0.25, 0.3) is 0 Å². The van der Waals surface area contributed by atoms with Gasteiger partial charge in [-0.3, -0.25) is 0 Å². The van der Waals surface area contributed by atoms with Crippen LogP contribution in [0.2, 0.25) is 5.02 Å². The van der Waals surface area contributed by atoms with Crippen LogP contribution in [0, 0.1) is 5.82 Å². The summed E-state index contributed by atoms with van der Waals surface area (Å²) in [5.41, 5.74) is 0.881. The quantitative estimate of drug-likeness (QED) is 0.730. The zero-order valence-electron chi connectivity index (χ0n) is 7.73. The summed E-state index contributed by atoms with van der Waals surface area (Å²) >= 11 is 5.83. The van der Waals surface area contributed by atoms with E-state index in [-0.39, 0.29) is 11.6 Å². The molecule has 0 saturated heterocycles. The van der Waals surface area contributed by atoms with Crippen molar-refractivity contribution in [2.45, 2.75) is 20.3 Å². The summed E-state index contributed by atoms with van der Waals surface area (Å²) in [5.74, 6) is -0.229. The maximum absolute atomic E-state index is 13.3. The SMILES string of the molecule is CCOc1c(F)cc(CC)cc1Cl. The molecule has 0 aromatic heterocycles. The van der Waals surface area contributed by atoms with Gasteiger partial charge in [0.05, 0.1) is 11.6 Å². The van der Waals surface area contributed by atoms with E-state index in [1.54, 1.807) is 13.0 Å². The molecule has 0 spiro atoms. The minimum absolute atomic E-state index is 0.154. The molecule has 0 saturated carbocycles. The van der Waals surface area contributed by atoms with Crippen molar-refractivity contribution in [2.75, 3.05) is 6.61 Å². The monoisotopic (exact) mass is 202 g/mol. The molecule has 1 nitrogen and oxygen atoms in total. The fraction of sp³-hybridized carbons (Fsp3) is 0.400. The zero-order chi connectivity index (χ0) is 9.84. The van der Waals surface area contributed by atoms with E-state index in [4.69, 9.17) is 16.3 Å². The van der Waals surface area contributed by atoms with Crippen molar-refractivity contribution in [1.29, 1.82) is 0 Å². The van der Waals surface area contributed by atoms with E-state index in [1.165, 1.54) is 6.07 Å². The first kappa shape index (κ1) is 10.3. The Balaban J connectivity index is 3.07. The van der Waals surface area contributed by atoms with Crippen LogP contribution >= 0.6 is 11.6 Å². The van der Waals surface area contributed by atoms with E-state index >= 15 is 0 Å². The van der Waals surface area contributed by atoms with Gasteiger partial charge in [-0.2, -0.15) is 0 Å². The highest BCUT2D eigenvalue weighted by atomic mass is 35.5. The van der Waals surface area contributed by atoms with Crippen LogP contribution < -0.4 is 4.74 Å². The molecule has 0 aliphatic heterocycles. The van der Waals surface area contributed by atoms with Crippen LogP contribution in [0.25, 0.3) is 0 Å². The Bertz CT molecular complexity index is 276. The second kappa shape index (κ2) is 4.47. The molecule has 0 bridgehead atoms. The highest BCUT2D eigenvalue weighted by Crippen LogP contribution is 2.29. The van der Waals surface area contributed by atoms with Gasteiger partial charge in [0, 0.05) is 0 Å². The fourth-order valence-electron chi connectivity index (χ4n) is 1.10. The molecule has 0 amide bonds. The molecular formula is C10H12ClFO. The first-order valence-electron chi connectivity index (χ1n) is 4.29. The van der Waals surface area contributed by atoms with Crippen LogP contribution in [-0.4, -0.2) is 6.61 Å². The lowest BCUT2D eigenvalue weighted by Crippen LogP contribution is -1.96. The Hall–Kier alpha value is -0.760. The Morgan fingerprint density at radius 3 is 2.54 bits per heavy atom. The van der Waals surface area contributed by atoms with Crippen LogP contribution in [0.5, 0.6) is 5.75 Å². The van der Waals surface area contributed by atoms with Gasteiger partial charge in [-0.15, -0.1) is 0 Å². The first-order valence-corrected chi connectivity index (χ1v) is 4.67. The van der Waals surface area contributed by atoms with Crippen molar-refractivity contribution in [1.82, 2.24) is 0 Å². The molecular weight excluding hydrogens is 191 g/mol. The number of benzene rings is 1. The second-order valence-corrected chi connectivity index (χ2v) is 3.08. The minimum atomic E-state index is -0.383. The van der Waals surface area contributed by atoms with Gasteiger partial charge in [0.2, 0.25) is 0 Å². The van der Waals surface area contributed by atoms with Crippen LogP contribution in [0.1, 0.15) is 19.4 Å². The summed E-state index contributed by atoms with van der Waals surface area (Å²) in [6, 6.07) is 3.19. The van der Waals surface area contributed by atoms with E-state index in [2.05, 4.69) is 0 Å². The molecule has 0 N–H and O–H groups in total. The van der Waals surface area contributed by atoms with Crippen molar-refractivity contribution < 1.29 is 9.13 Å². The Labute approximate surface area is 82.5 Å². The van der Waals surface area contributed by atoms with E-state index in [1.807, 2.05) is 6.92 Å². The third-order valence-electron chi connectivity index (χ3n) is 1.75. The molecule has 0 radical (unpaired) electrons. The van der Waals surface area contributed by atoms with Crippen molar-refractivity contribution in [3.63, 3.8) is 0 Å². The molecule has 0 aliphatic rings. The van der Waals surface area contributed by atoms with Gasteiger partial charge in [0.15, 0.2) is 11.6 Å². The molecule has 0 atom stereocenters. The van der Waals surface area contributed by atoms with Crippen LogP contribution in [0.15, 0.2) is 12.1 Å². The lowest BCUT2D eigenvalue weighted by molar-refractivity contribution is 0.321. The summed E-state index contributed by atoms with van der Waals surface area (Å²) in [4.78, 5) is 0. The molecule has 13 heavy (non-hydrogen) atoms. The summed E-state index contributed by atoms with van der Waals surface area (Å²) in [7, 11) is 0. The van der Waals surface area contributed by atoms with Crippen molar-refractivity contribution >= 4 is 11.6 Å². The van der Waals surface area contributed by atoms with Crippen LogP contribution in [0.3, 0.4) is 0 Å². The number of hydrogen-bond acceptors (Lipinski definition) is 1. The average Bonchev–Trinajstić information content (AvgIpc) is 2.11. The van der Waals surface area contributed by atoms with Gasteiger partial charge < -0.3 is 4.74 Å². The van der Waals surface area contributed by atoms with E-state index in [0.29, 0.717) is 11.6 Å². The zero-order valence-corrected chi connectivity index (χ0v) is 8.49. The third-order valence-corrected chi connectivity index (χ3v) is 2.04. The maximum atomic E-state index is 13.3. The van der Waals surface area contributed by atoms with E-state index in [0.717, 1.165) is 12.0 Å². The second-order valence-electron chi connectivity index (χ2n) is 2.68. The van der Waals surface area contributed by atoms with Gasteiger partial charge in [0.1, 0.15) is 0 Å². The summed E-state index contributed by atoms with van der Waals surface area (Å²) in [6.07, 6.45) is 0.767. The smallest absolute Gasteiger partial charge is 0.173 e. The van der Waals surface area contributed by atoms with Crippen molar-refractivity contribution in [2.24, 2.45) is 0 Å². The lowest BCUT2D eigenvalue weighted by atomic mass is 10.1. The van der Waals surface area contributed by atoms with Crippen LogP contribution in [0.4, 0.5) is 4.39 Å². The normalized spacial score (nSPS) is 10.2. The molecule has 0 aliphatic carbocycles. The molecule has 1 aromatic rings. The van der Waals surface area contributed by atoms with Crippen molar-refractivity contribution in [3.8, 4) is 5.75 Å². The van der Waals surface area contributed by atoms with Gasteiger partial charge in [-0.1, -0.05) is 18.5 Å². The highest BCUT2D eigenvalue weighted by Gasteiger charge is 2.09. The highest BCUT2D eigenvalue weighted by molar-refractivity contribution is 6.32. The van der Waals surface area contributed by atoms with E-state index < -0.39 is 0 Å². The average molecular weight is 203 g/mol. The number of rotatable bonds is 3. The minimum Gasteiger partial charge on any atom is -0.489 e. The van der Waals surface area contributed by atoms with Gasteiger partial charge >= 0.3 is 0 Å². The van der Waals surface area contributed by atoms with Crippen molar-refractivity contribution in [3.05, 3.63) is 28.5 Å². The molecule has 72 valence electrons. The van der Waals surface area contributed by atoms with Gasteiger partial charge in [-0.05, 0) is 31.0 Å². The molecule has 1 rings (SSSR count). The van der Waals surface area contributed by atoms with E-state index in [9.17, 15) is 4.39 Å². The number of halogens is 2. The maximum Gasteiger partial charge on any atom is 0.173 e. The lowest BCUT2D eigenvalue weighted by Gasteiger charge is -2.08. The third kappa shape index (κ3) is 2.34. The molecule has 0 fully saturated rings. The standard InChI is InChI=1S/C10H12ClFO/c1-3-7-5-8(11)10(13-4-2)9(12)6-7/h5-6H,3-4H2,1-2H3. The summed E-state index contributed by atoms with van der Waals surface area (Å²) in [5, 5.41) is 0.346. The molecule has 0 heterocycles. The number of ether oxygens (including phenoxy) is 1. The topological polar surface area (TPSA) is 9.23 Å². The number of aryl methyl sites for hydroxylation is 1. The Morgan fingerprint density at radius 1 is 1.38 bits per heavy atom. The molecule has 3 heteroatoms. The predicted octanol–water partition coefficient (Wildman–Crippen LogP) is 3.44. The number of hydrogen-bond donors (Lipinski definition) is 0. The first-order chi connectivity index (χ1) is 6.19. The summed E-state index contributed by atoms with van der Waals surface area (Å²) in [6.45, 7) is 4.16. The fourth-order valence-corrected chi connectivity index (χ4v) is 1.38. The summed E-state index contributed by atoms with van der Waals surface area (Å²) < 4.78 is 18.3. The Kier molecular flexibility index (Phi) is 3.55. The molecule has 0 unspecified atom stereocenters. The predicted molar refractivity (Wildman–Crippen MR) is 52.0 cm³/mol. The van der Waals surface area contributed by atoms with Gasteiger partial charge in [-0.25, -0.2) is 4.39 Å².